The molecule has 0 radical (unpaired) electrons. The van der Waals surface area contributed by atoms with Gasteiger partial charge in [-0.1, -0.05) is 66.7 Å². The number of hydrogen-bond donors (Lipinski definition) is 2. The number of fused-ring (bicyclic) bond motifs is 1. The van der Waals surface area contributed by atoms with Gasteiger partial charge in [-0.3, -0.25) is 4.79 Å². The zero-order valence-corrected chi connectivity index (χ0v) is 14.0. The summed E-state index contributed by atoms with van der Waals surface area (Å²) in [6.07, 6.45) is 0. The Morgan fingerprint density at radius 3 is 2.23 bits per heavy atom. The van der Waals surface area contributed by atoms with Crippen LogP contribution in [0.25, 0.3) is 21.9 Å². The summed E-state index contributed by atoms with van der Waals surface area (Å²) in [6.45, 7) is 0. The van der Waals surface area contributed by atoms with Gasteiger partial charge in [-0.05, 0) is 35.0 Å². The van der Waals surface area contributed by atoms with Crippen molar-refractivity contribution in [1.82, 2.24) is 0 Å². The summed E-state index contributed by atoms with van der Waals surface area (Å²) in [5.41, 5.74) is 2.75. The van der Waals surface area contributed by atoms with Gasteiger partial charge in [0.25, 0.3) is 5.91 Å². The molecule has 0 atom stereocenters. The molecule has 4 aromatic carbocycles. The summed E-state index contributed by atoms with van der Waals surface area (Å²) in [5, 5.41) is 15.4. The monoisotopic (exact) mass is 339 g/mol. The summed E-state index contributed by atoms with van der Waals surface area (Å²) in [5.74, 6) is -0.00313. The van der Waals surface area contributed by atoms with E-state index >= 15 is 0 Å². The molecule has 26 heavy (non-hydrogen) atoms. The number of phenols is 1. The average Bonchev–Trinajstić information content (AvgIpc) is 2.69. The van der Waals surface area contributed by atoms with Gasteiger partial charge in [0, 0.05) is 22.4 Å². The van der Waals surface area contributed by atoms with Crippen LogP contribution in [0.4, 0.5) is 5.69 Å². The lowest BCUT2D eigenvalue weighted by atomic mass is 9.95. The first-order chi connectivity index (χ1) is 12.7. The normalized spacial score (nSPS) is 10.6. The Hall–Kier alpha value is -3.59. The molecule has 0 bridgehead atoms. The number of rotatable bonds is 3. The quantitative estimate of drug-likeness (QED) is 0.520. The van der Waals surface area contributed by atoms with Crippen molar-refractivity contribution in [2.45, 2.75) is 0 Å². The number of carbonyl (C=O) groups is 1. The fraction of sp³-hybridized carbons (Fsp3) is 0. The molecule has 126 valence electrons. The molecule has 4 aromatic rings. The molecule has 2 N–H and O–H groups in total. The predicted molar refractivity (Wildman–Crippen MR) is 105 cm³/mol. The second kappa shape index (κ2) is 6.73. The number of phenolic OH excluding ortho intramolecular Hbond substituents is 1. The maximum absolute atomic E-state index is 12.6. The molecule has 0 saturated carbocycles. The summed E-state index contributed by atoms with van der Waals surface area (Å²) >= 11 is 0. The van der Waals surface area contributed by atoms with Crippen LogP contribution in [0.5, 0.6) is 5.75 Å². The third kappa shape index (κ3) is 2.91. The molecule has 4 rings (SSSR count). The first kappa shape index (κ1) is 15.9. The summed E-state index contributed by atoms with van der Waals surface area (Å²) in [7, 11) is 0. The van der Waals surface area contributed by atoms with Gasteiger partial charge in [0.2, 0.25) is 0 Å². The van der Waals surface area contributed by atoms with Crippen molar-refractivity contribution >= 4 is 22.4 Å². The number of nitrogens with one attached hydrogen (secondary N) is 1. The van der Waals surface area contributed by atoms with Crippen LogP contribution in [0, 0.1) is 0 Å². The molecule has 0 unspecified atom stereocenters. The highest BCUT2D eigenvalue weighted by Gasteiger charge is 2.15. The number of carbonyl (C=O) groups excluding carboxylic acids is 1. The number of hydrogen-bond acceptors (Lipinski definition) is 2. The van der Waals surface area contributed by atoms with Crippen LogP contribution >= 0.6 is 0 Å². The van der Waals surface area contributed by atoms with Crippen molar-refractivity contribution in [2.24, 2.45) is 0 Å². The van der Waals surface area contributed by atoms with Gasteiger partial charge in [0.15, 0.2) is 0 Å². The molecule has 0 aliphatic rings. The van der Waals surface area contributed by atoms with Gasteiger partial charge in [-0.25, -0.2) is 0 Å². The third-order valence-electron chi connectivity index (χ3n) is 4.39. The molecular formula is C23H17NO2. The topological polar surface area (TPSA) is 49.3 Å². The fourth-order valence-corrected chi connectivity index (χ4v) is 3.13. The minimum atomic E-state index is -0.183. The molecular weight excluding hydrogens is 322 g/mol. The SMILES string of the molecule is O=C(Nc1ccc2ccccc2c1-c1ccccc1O)c1ccccc1. The van der Waals surface area contributed by atoms with Crippen LogP contribution < -0.4 is 5.32 Å². The fourth-order valence-electron chi connectivity index (χ4n) is 3.13. The van der Waals surface area contributed by atoms with Crippen LogP contribution in [0.1, 0.15) is 10.4 Å². The highest BCUT2D eigenvalue weighted by Crippen LogP contribution is 2.39. The second-order valence-electron chi connectivity index (χ2n) is 6.05. The molecule has 1 amide bonds. The molecule has 0 saturated heterocycles. The standard InChI is InChI=1S/C23H17NO2/c25-21-13-7-6-12-19(21)22-18-11-5-4-8-16(18)14-15-20(22)24-23(26)17-9-2-1-3-10-17/h1-15,25H,(H,24,26). The molecule has 0 fully saturated rings. The first-order valence-corrected chi connectivity index (χ1v) is 8.40. The zero-order valence-electron chi connectivity index (χ0n) is 14.0. The maximum Gasteiger partial charge on any atom is 0.255 e. The van der Waals surface area contributed by atoms with Gasteiger partial charge in [0.1, 0.15) is 5.75 Å². The lowest BCUT2D eigenvalue weighted by Gasteiger charge is -2.15. The van der Waals surface area contributed by atoms with Crippen molar-refractivity contribution in [2.75, 3.05) is 5.32 Å². The molecule has 0 aromatic heterocycles. The highest BCUT2D eigenvalue weighted by molar-refractivity contribution is 6.11. The first-order valence-electron chi connectivity index (χ1n) is 8.40. The lowest BCUT2D eigenvalue weighted by Crippen LogP contribution is -2.12. The van der Waals surface area contributed by atoms with E-state index in [2.05, 4.69) is 5.32 Å². The highest BCUT2D eigenvalue weighted by atomic mass is 16.3. The lowest BCUT2D eigenvalue weighted by molar-refractivity contribution is 0.102. The third-order valence-corrected chi connectivity index (χ3v) is 4.39. The van der Waals surface area contributed by atoms with E-state index in [-0.39, 0.29) is 11.7 Å². The molecule has 3 heteroatoms. The Labute approximate surface area is 151 Å². The van der Waals surface area contributed by atoms with E-state index in [1.807, 2.05) is 66.7 Å². The minimum Gasteiger partial charge on any atom is -0.507 e. The van der Waals surface area contributed by atoms with E-state index in [0.29, 0.717) is 16.8 Å². The van der Waals surface area contributed by atoms with E-state index in [4.69, 9.17) is 0 Å². The number of amides is 1. The van der Waals surface area contributed by atoms with Crippen LogP contribution in [0.15, 0.2) is 91.0 Å². The van der Waals surface area contributed by atoms with E-state index < -0.39 is 0 Å². The van der Waals surface area contributed by atoms with Crippen molar-refractivity contribution in [3.63, 3.8) is 0 Å². The zero-order chi connectivity index (χ0) is 17.9. The molecule has 0 aliphatic carbocycles. The smallest absolute Gasteiger partial charge is 0.255 e. The maximum atomic E-state index is 12.6. The Morgan fingerprint density at radius 2 is 1.42 bits per heavy atom. The van der Waals surface area contributed by atoms with Crippen molar-refractivity contribution in [3.05, 3.63) is 96.6 Å². The van der Waals surface area contributed by atoms with Gasteiger partial charge in [-0.2, -0.15) is 0 Å². The van der Waals surface area contributed by atoms with Gasteiger partial charge >= 0.3 is 0 Å². The van der Waals surface area contributed by atoms with Gasteiger partial charge < -0.3 is 10.4 Å². The van der Waals surface area contributed by atoms with E-state index in [9.17, 15) is 9.90 Å². The van der Waals surface area contributed by atoms with Crippen LogP contribution in [-0.2, 0) is 0 Å². The molecule has 0 heterocycles. The van der Waals surface area contributed by atoms with Gasteiger partial charge in [0.05, 0.1) is 0 Å². The van der Waals surface area contributed by atoms with E-state index in [0.717, 1.165) is 16.3 Å². The predicted octanol–water partition coefficient (Wildman–Crippen LogP) is 5.46. The Kier molecular flexibility index (Phi) is 4.12. The van der Waals surface area contributed by atoms with E-state index in [1.54, 1.807) is 24.3 Å². The van der Waals surface area contributed by atoms with Crippen molar-refractivity contribution in [3.8, 4) is 16.9 Å². The van der Waals surface area contributed by atoms with Crippen molar-refractivity contribution in [1.29, 1.82) is 0 Å². The second-order valence-corrected chi connectivity index (χ2v) is 6.05. The molecule has 0 spiro atoms. The van der Waals surface area contributed by atoms with Crippen molar-refractivity contribution < 1.29 is 9.90 Å². The summed E-state index contributed by atoms with van der Waals surface area (Å²) in [4.78, 5) is 12.6. The Balaban J connectivity index is 1.89. The Morgan fingerprint density at radius 1 is 0.731 bits per heavy atom. The van der Waals surface area contributed by atoms with E-state index in [1.165, 1.54) is 0 Å². The number of para-hydroxylation sites is 1. The number of benzene rings is 4. The van der Waals surface area contributed by atoms with Crippen LogP contribution in [0.2, 0.25) is 0 Å². The largest absolute Gasteiger partial charge is 0.507 e. The molecule has 3 nitrogen and oxygen atoms in total. The number of anilines is 1. The van der Waals surface area contributed by atoms with Crippen LogP contribution in [0.3, 0.4) is 0 Å². The molecule has 0 aliphatic heterocycles. The number of aromatic hydroxyl groups is 1. The van der Waals surface area contributed by atoms with Crippen LogP contribution in [-0.4, -0.2) is 11.0 Å². The summed E-state index contributed by atoms with van der Waals surface area (Å²) in [6, 6.07) is 28.0. The Bertz CT molecular complexity index is 1090. The van der Waals surface area contributed by atoms with Gasteiger partial charge in [-0.15, -0.1) is 0 Å². The summed E-state index contributed by atoms with van der Waals surface area (Å²) < 4.78 is 0. The minimum absolute atomic E-state index is 0.180. The average molecular weight is 339 g/mol.